The molecule has 0 amide bonds. The number of fused-ring (bicyclic) bond motifs is 5. The number of hydrogen-bond donors (Lipinski definition) is 0. The van der Waals surface area contributed by atoms with Gasteiger partial charge in [0.05, 0.1) is 0 Å². The Labute approximate surface area is 231 Å². The van der Waals surface area contributed by atoms with Gasteiger partial charge in [-0.05, 0) is 102 Å². The van der Waals surface area contributed by atoms with E-state index < -0.39 is 0 Å². The molecule has 192 valence electrons. The molecule has 1 saturated heterocycles. The maximum absolute atomic E-state index is 6.29. The maximum atomic E-state index is 6.29. The van der Waals surface area contributed by atoms with Crippen molar-refractivity contribution in [1.29, 1.82) is 0 Å². The number of hydrogen-bond acceptors (Lipinski definition) is 2. The highest BCUT2D eigenvalue weighted by molar-refractivity contribution is 5.81. The summed E-state index contributed by atoms with van der Waals surface area (Å²) < 4.78 is 6.29. The summed E-state index contributed by atoms with van der Waals surface area (Å²) in [6.07, 6.45) is 31.2. The summed E-state index contributed by atoms with van der Waals surface area (Å²) >= 11 is 0. The molecule has 6 atom stereocenters. The second kappa shape index (κ2) is 8.11. The molecule has 39 heavy (non-hydrogen) atoms. The molecule has 9 rings (SSSR count). The topological polar surface area (TPSA) is 12.5 Å². The van der Waals surface area contributed by atoms with E-state index in [0.29, 0.717) is 23.8 Å². The average molecular weight is 508 g/mol. The first kappa shape index (κ1) is 22.1. The van der Waals surface area contributed by atoms with Crippen molar-refractivity contribution in [3.8, 4) is 0 Å². The van der Waals surface area contributed by atoms with E-state index >= 15 is 0 Å². The van der Waals surface area contributed by atoms with Crippen molar-refractivity contribution in [2.24, 2.45) is 17.8 Å². The summed E-state index contributed by atoms with van der Waals surface area (Å²) in [4.78, 5) is 2.67. The Morgan fingerprint density at radius 1 is 0.846 bits per heavy atom. The van der Waals surface area contributed by atoms with Crippen molar-refractivity contribution in [3.63, 3.8) is 0 Å². The fraction of sp³-hybridized carbons (Fsp3) is 0.297. The quantitative estimate of drug-likeness (QED) is 0.386. The minimum Gasteiger partial charge on any atom is -0.490 e. The number of anilines is 2. The summed E-state index contributed by atoms with van der Waals surface area (Å²) in [6, 6.07) is 17.2. The molecule has 2 fully saturated rings. The number of benzene rings is 2. The Balaban J connectivity index is 1.08. The van der Waals surface area contributed by atoms with E-state index in [4.69, 9.17) is 4.74 Å². The zero-order chi connectivity index (χ0) is 25.6. The fourth-order valence-electron chi connectivity index (χ4n) is 8.60. The minimum atomic E-state index is 0.139. The Kier molecular flexibility index (Phi) is 4.59. The second-order valence-corrected chi connectivity index (χ2v) is 12.4. The standard InChI is InChI=1S/C37H33NO/c1-2-6-25(7-3-1)26-10-14-29(15-11-26)38-33-16-12-28(22-32(33)37-19-18-24(23-37)20-36(37)38)27-13-17-35-31(21-27)30-8-4-5-9-34(30)39-35/h1-2,4-6,8-19,22,24,30-31,34,36H,3,7,20-21,23H2. The zero-order valence-electron chi connectivity index (χ0n) is 22.2. The number of allylic oxidation sites excluding steroid dienone is 11. The van der Waals surface area contributed by atoms with Crippen LogP contribution >= 0.6 is 0 Å². The van der Waals surface area contributed by atoms with E-state index in [-0.39, 0.29) is 11.5 Å². The Bertz CT molecular complexity index is 1590. The van der Waals surface area contributed by atoms with Gasteiger partial charge < -0.3 is 9.64 Å². The first-order valence-corrected chi connectivity index (χ1v) is 14.8. The number of ether oxygens (including phenoxy) is 1. The van der Waals surface area contributed by atoms with Crippen LogP contribution in [0.4, 0.5) is 11.4 Å². The van der Waals surface area contributed by atoms with Crippen molar-refractivity contribution in [3.05, 3.63) is 132 Å². The Hall–Kier alpha value is -3.78. The second-order valence-electron chi connectivity index (χ2n) is 12.4. The fourth-order valence-corrected chi connectivity index (χ4v) is 8.60. The molecule has 2 heteroatoms. The highest BCUT2D eigenvalue weighted by Crippen LogP contribution is 2.62. The van der Waals surface area contributed by atoms with Gasteiger partial charge in [0.25, 0.3) is 0 Å². The van der Waals surface area contributed by atoms with Crippen LogP contribution in [0, 0.1) is 17.8 Å². The molecule has 7 aliphatic rings. The van der Waals surface area contributed by atoms with E-state index in [1.165, 1.54) is 52.1 Å². The molecule has 2 heterocycles. The highest BCUT2D eigenvalue weighted by Gasteiger charge is 2.58. The van der Waals surface area contributed by atoms with Crippen LogP contribution in [-0.2, 0) is 10.2 Å². The van der Waals surface area contributed by atoms with Crippen molar-refractivity contribution in [1.82, 2.24) is 0 Å². The lowest BCUT2D eigenvalue weighted by Gasteiger charge is -2.32. The Morgan fingerprint density at radius 3 is 2.62 bits per heavy atom. The molecule has 6 unspecified atom stereocenters. The molecule has 2 bridgehead atoms. The van der Waals surface area contributed by atoms with Gasteiger partial charge in [-0.1, -0.05) is 72.9 Å². The first-order valence-electron chi connectivity index (χ1n) is 14.8. The lowest BCUT2D eigenvalue weighted by atomic mass is 9.76. The predicted molar refractivity (Wildman–Crippen MR) is 160 cm³/mol. The molecule has 1 saturated carbocycles. The van der Waals surface area contributed by atoms with Gasteiger partial charge >= 0.3 is 0 Å². The van der Waals surface area contributed by atoms with Crippen molar-refractivity contribution >= 4 is 22.5 Å². The summed E-state index contributed by atoms with van der Waals surface area (Å²) in [7, 11) is 0. The van der Waals surface area contributed by atoms with Crippen LogP contribution in [0.25, 0.3) is 11.1 Å². The molecule has 0 N–H and O–H groups in total. The SMILES string of the molecule is C1=CCCC(c2ccc(N3c4ccc(C5=CC=C6OC7C=CC=CC7C6C5)cc4C45C=CC(CC34)C5)cc2)=C1. The molecule has 5 aliphatic carbocycles. The van der Waals surface area contributed by atoms with Gasteiger partial charge in [-0.15, -0.1) is 0 Å². The molecular weight excluding hydrogens is 474 g/mol. The van der Waals surface area contributed by atoms with Crippen LogP contribution < -0.4 is 4.90 Å². The van der Waals surface area contributed by atoms with E-state index in [0.717, 1.165) is 25.0 Å². The largest absolute Gasteiger partial charge is 0.490 e. The lowest BCUT2D eigenvalue weighted by Crippen LogP contribution is -2.37. The van der Waals surface area contributed by atoms with Gasteiger partial charge in [0.2, 0.25) is 0 Å². The maximum Gasteiger partial charge on any atom is 0.124 e. The predicted octanol–water partition coefficient (Wildman–Crippen LogP) is 8.59. The van der Waals surface area contributed by atoms with Crippen LogP contribution in [0.1, 0.15) is 48.8 Å². The van der Waals surface area contributed by atoms with Crippen molar-refractivity contribution < 1.29 is 4.74 Å². The minimum absolute atomic E-state index is 0.139. The number of nitrogens with zero attached hydrogens (tertiary/aromatic N) is 1. The number of rotatable bonds is 3. The summed E-state index contributed by atoms with van der Waals surface area (Å²) in [5, 5.41) is 0. The van der Waals surface area contributed by atoms with Crippen LogP contribution in [0.15, 0.2) is 115 Å². The van der Waals surface area contributed by atoms with E-state index in [2.05, 4.69) is 114 Å². The molecule has 2 aromatic rings. The van der Waals surface area contributed by atoms with Crippen molar-refractivity contribution in [2.75, 3.05) is 4.90 Å². The van der Waals surface area contributed by atoms with E-state index in [1.807, 2.05) is 0 Å². The smallest absolute Gasteiger partial charge is 0.124 e. The third kappa shape index (κ3) is 3.15. The van der Waals surface area contributed by atoms with Crippen LogP contribution in [0.3, 0.4) is 0 Å². The normalized spacial score (nSPS) is 34.2. The highest BCUT2D eigenvalue weighted by atomic mass is 16.5. The van der Waals surface area contributed by atoms with Crippen LogP contribution in [-0.4, -0.2) is 12.1 Å². The van der Waals surface area contributed by atoms with Gasteiger partial charge in [-0.3, -0.25) is 0 Å². The monoisotopic (exact) mass is 507 g/mol. The molecule has 0 radical (unpaired) electrons. The van der Waals surface area contributed by atoms with Gasteiger partial charge in [0.15, 0.2) is 0 Å². The third-order valence-corrected chi connectivity index (χ3v) is 10.5. The van der Waals surface area contributed by atoms with Gasteiger partial charge in [-0.2, -0.15) is 0 Å². The molecule has 0 aromatic heterocycles. The molecule has 2 aromatic carbocycles. The summed E-state index contributed by atoms with van der Waals surface area (Å²) in [5.41, 5.74) is 10.0. The zero-order valence-corrected chi connectivity index (χ0v) is 22.2. The molecular formula is C37H33NO. The summed E-state index contributed by atoms with van der Waals surface area (Å²) in [5.74, 6) is 2.76. The molecule has 2 aliphatic heterocycles. The van der Waals surface area contributed by atoms with Crippen molar-refractivity contribution in [2.45, 2.75) is 49.7 Å². The van der Waals surface area contributed by atoms with Crippen LogP contribution in [0.2, 0.25) is 0 Å². The first-order chi connectivity index (χ1) is 19.3. The van der Waals surface area contributed by atoms with Gasteiger partial charge in [-0.25, -0.2) is 0 Å². The average Bonchev–Trinajstić information content (AvgIpc) is 3.75. The summed E-state index contributed by atoms with van der Waals surface area (Å²) in [6.45, 7) is 0. The molecule has 2 nitrogen and oxygen atoms in total. The van der Waals surface area contributed by atoms with Gasteiger partial charge in [0, 0.05) is 34.7 Å². The Morgan fingerprint density at radius 2 is 1.74 bits per heavy atom. The third-order valence-electron chi connectivity index (χ3n) is 10.5. The van der Waals surface area contributed by atoms with Gasteiger partial charge in [0.1, 0.15) is 11.9 Å². The lowest BCUT2D eigenvalue weighted by molar-refractivity contribution is 0.184. The van der Waals surface area contributed by atoms with Crippen LogP contribution in [0.5, 0.6) is 0 Å². The van der Waals surface area contributed by atoms with E-state index in [1.54, 1.807) is 0 Å². The van der Waals surface area contributed by atoms with E-state index in [9.17, 15) is 0 Å². The molecule has 1 spiro atoms.